The van der Waals surface area contributed by atoms with Crippen LogP contribution in [0.3, 0.4) is 0 Å². The Morgan fingerprint density at radius 2 is 1.62 bits per heavy atom. The van der Waals surface area contributed by atoms with Crippen molar-refractivity contribution >= 4 is 15.9 Å². The normalized spacial score (nSPS) is 16.1. The Labute approximate surface area is 172 Å². The third-order valence-corrected chi connectivity index (χ3v) is 7.34. The molecule has 0 atom stereocenters. The van der Waals surface area contributed by atoms with E-state index >= 15 is 0 Å². The molecular weight excluding hydrogens is 391 g/mol. The number of hydrogen-bond acceptors (Lipinski definition) is 3. The molecule has 2 aromatic carbocycles. The minimum absolute atomic E-state index is 0.0116. The average Bonchev–Trinajstić information content (AvgIpc) is 2.67. The molecule has 0 aromatic heterocycles. The van der Waals surface area contributed by atoms with E-state index in [1.165, 1.54) is 27.4 Å². The fraction of sp³-hybridized carbons (Fsp3) is 0.409. The Morgan fingerprint density at radius 1 is 1.00 bits per heavy atom. The molecule has 1 aliphatic heterocycles. The molecule has 0 spiro atoms. The summed E-state index contributed by atoms with van der Waals surface area (Å²) in [6, 6.07) is 11.4. The fourth-order valence-corrected chi connectivity index (χ4v) is 5.09. The molecule has 5 nitrogen and oxygen atoms in total. The predicted octanol–water partition coefficient (Wildman–Crippen LogP) is 3.58. The molecule has 156 valence electrons. The van der Waals surface area contributed by atoms with Crippen molar-refractivity contribution in [2.24, 2.45) is 0 Å². The lowest BCUT2D eigenvalue weighted by Crippen LogP contribution is -2.50. The maximum absolute atomic E-state index is 13.9. The second-order valence-corrected chi connectivity index (χ2v) is 10.3. The first kappa shape index (κ1) is 21.5. The van der Waals surface area contributed by atoms with Crippen molar-refractivity contribution in [3.8, 4) is 0 Å². The summed E-state index contributed by atoms with van der Waals surface area (Å²) in [5.74, 6) is -0.978. The molecule has 1 amide bonds. The van der Waals surface area contributed by atoms with E-state index in [1.807, 2.05) is 32.9 Å². The van der Waals surface area contributed by atoms with Crippen molar-refractivity contribution in [3.63, 3.8) is 0 Å². The number of rotatable bonds is 3. The summed E-state index contributed by atoms with van der Waals surface area (Å²) in [6.45, 7) is 8.74. The van der Waals surface area contributed by atoms with Crippen LogP contribution in [0.4, 0.5) is 4.39 Å². The first-order chi connectivity index (χ1) is 13.5. The Kier molecular flexibility index (Phi) is 5.83. The van der Waals surface area contributed by atoms with Crippen LogP contribution in [-0.4, -0.2) is 49.7 Å². The van der Waals surface area contributed by atoms with Gasteiger partial charge in [0, 0.05) is 26.2 Å². The summed E-state index contributed by atoms with van der Waals surface area (Å²) >= 11 is 0. The highest BCUT2D eigenvalue weighted by atomic mass is 32.2. The van der Waals surface area contributed by atoms with Gasteiger partial charge in [-0.05, 0) is 41.7 Å². The molecule has 1 aliphatic rings. The zero-order chi connectivity index (χ0) is 21.4. The van der Waals surface area contributed by atoms with Crippen molar-refractivity contribution in [3.05, 3.63) is 65.0 Å². The first-order valence-electron chi connectivity index (χ1n) is 9.67. The lowest BCUT2D eigenvalue weighted by atomic mass is 9.87. The van der Waals surface area contributed by atoms with Crippen molar-refractivity contribution < 1.29 is 17.6 Å². The van der Waals surface area contributed by atoms with Crippen LogP contribution in [0.2, 0.25) is 0 Å². The zero-order valence-corrected chi connectivity index (χ0v) is 18.1. The van der Waals surface area contributed by atoms with Gasteiger partial charge in [-0.1, -0.05) is 45.0 Å². The van der Waals surface area contributed by atoms with Gasteiger partial charge in [0.25, 0.3) is 5.91 Å². The lowest BCUT2D eigenvalue weighted by Gasteiger charge is -2.34. The Balaban J connectivity index is 1.79. The van der Waals surface area contributed by atoms with E-state index in [-0.39, 0.29) is 37.2 Å². The van der Waals surface area contributed by atoms with Crippen LogP contribution in [0.5, 0.6) is 0 Å². The maximum atomic E-state index is 13.9. The van der Waals surface area contributed by atoms with Crippen LogP contribution in [0.25, 0.3) is 0 Å². The van der Waals surface area contributed by atoms with Gasteiger partial charge in [-0.25, -0.2) is 12.8 Å². The number of carbonyl (C=O) groups excluding carboxylic acids is 1. The molecule has 0 N–H and O–H groups in total. The fourth-order valence-electron chi connectivity index (χ4n) is 3.42. The van der Waals surface area contributed by atoms with Crippen LogP contribution in [0.15, 0.2) is 47.4 Å². The van der Waals surface area contributed by atoms with Gasteiger partial charge in [-0.15, -0.1) is 0 Å². The molecule has 7 heteroatoms. The molecule has 0 saturated carbocycles. The number of carbonyl (C=O) groups is 1. The molecule has 1 heterocycles. The zero-order valence-electron chi connectivity index (χ0n) is 17.3. The summed E-state index contributed by atoms with van der Waals surface area (Å²) < 4.78 is 41.8. The minimum Gasteiger partial charge on any atom is -0.336 e. The molecule has 2 aromatic rings. The van der Waals surface area contributed by atoms with Crippen LogP contribution in [0, 0.1) is 12.7 Å². The standard InChI is InChI=1S/C22H27FN2O3S/c1-16-9-10-17(22(2,3)4)15-20(16)29(27,28)25-13-11-24(12-14-25)21(26)18-7-5-6-8-19(18)23/h5-10,15H,11-14H2,1-4H3. The number of amides is 1. The molecule has 29 heavy (non-hydrogen) atoms. The minimum atomic E-state index is -3.68. The number of piperazine rings is 1. The smallest absolute Gasteiger partial charge is 0.256 e. The van der Waals surface area contributed by atoms with Gasteiger partial charge in [0.15, 0.2) is 0 Å². The summed E-state index contributed by atoms with van der Waals surface area (Å²) in [6.07, 6.45) is 0. The Morgan fingerprint density at radius 3 is 2.21 bits per heavy atom. The average molecular weight is 419 g/mol. The van der Waals surface area contributed by atoms with Crippen LogP contribution >= 0.6 is 0 Å². The molecule has 0 radical (unpaired) electrons. The third kappa shape index (κ3) is 4.36. The molecule has 0 aliphatic carbocycles. The highest BCUT2D eigenvalue weighted by Gasteiger charge is 2.32. The van der Waals surface area contributed by atoms with Crippen molar-refractivity contribution in [1.82, 2.24) is 9.21 Å². The second kappa shape index (κ2) is 7.88. The summed E-state index contributed by atoms with van der Waals surface area (Å²) in [7, 11) is -3.68. The van der Waals surface area contributed by atoms with Crippen molar-refractivity contribution in [1.29, 1.82) is 0 Å². The van der Waals surface area contributed by atoms with E-state index < -0.39 is 21.7 Å². The lowest BCUT2D eigenvalue weighted by molar-refractivity contribution is 0.0693. The number of aryl methyl sites for hydroxylation is 1. The number of hydrogen-bond donors (Lipinski definition) is 0. The summed E-state index contributed by atoms with van der Waals surface area (Å²) in [5.41, 5.74) is 1.50. The molecule has 0 unspecified atom stereocenters. The van der Waals surface area contributed by atoms with Gasteiger partial charge in [-0.3, -0.25) is 4.79 Å². The predicted molar refractivity (Wildman–Crippen MR) is 111 cm³/mol. The topological polar surface area (TPSA) is 57.7 Å². The van der Waals surface area contributed by atoms with Gasteiger partial charge >= 0.3 is 0 Å². The number of halogens is 1. The number of sulfonamides is 1. The maximum Gasteiger partial charge on any atom is 0.256 e. The highest BCUT2D eigenvalue weighted by Crippen LogP contribution is 2.29. The number of benzene rings is 2. The van der Waals surface area contributed by atoms with Gasteiger partial charge in [-0.2, -0.15) is 4.31 Å². The molecule has 0 bridgehead atoms. The Bertz CT molecular complexity index is 1020. The van der Waals surface area contributed by atoms with E-state index in [2.05, 4.69) is 0 Å². The van der Waals surface area contributed by atoms with E-state index in [1.54, 1.807) is 19.1 Å². The van der Waals surface area contributed by atoms with Gasteiger partial charge in [0.2, 0.25) is 10.0 Å². The van der Waals surface area contributed by atoms with E-state index in [0.717, 1.165) is 5.56 Å². The Hall–Kier alpha value is -2.25. The molecule has 1 saturated heterocycles. The van der Waals surface area contributed by atoms with Crippen LogP contribution < -0.4 is 0 Å². The molecule has 3 rings (SSSR count). The first-order valence-corrected chi connectivity index (χ1v) is 11.1. The van der Waals surface area contributed by atoms with Crippen molar-refractivity contribution in [2.45, 2.75) is 38.0 Å². The highest BCUT2D eigenvalue weighted by molar-refractivity contribution is 7.89. The SMILES string of the molecule is Cc1ccc(C(C)(C)C)cc1S(=O)(=O)N1CCN(C(=O)c2ccccc2F)CC1. The number of nitrogens with zero attached hydrogens (tertiary/aromatic N) is 2. The quantitative estimate of drug-likeness (QED) is 0.766. The summed E-state index contributed by atoms with van der Waals surface area (Å²) in [5, 5.41) is 0. The van der Waals surface area contributed by atoms with Gasteiger partial charge in [0.05, 0.1) is 10.5 Å². The summed E-state index contributed by atoms with van der Waals surface area (Å²) in [4.78, 5) is 14.4. The third-order valence-electron chi connectivity index (χ3n) is 5.30. The van der Waals surface area contributed by atoms with Crippen molar-refractivity contribution in [2.75, 3.05) is 26.2 Å². The second-order valence-electron chi connectivity index (χ2n) is 8.41. The van der Waals surface area contributed by atoms with Gasteiger partial charge in [0.1, 0.15) is 5.82 Å². The van der Waals surface area contributed by atoms with Crippen LogP contribution in [0.1, 0.15) is 42.3 Å². The molecular formula is C22H27FN2O3S. The van der Waals surface area contributed by atoms with Crippen LogP contribution in [-0.2, 0) is 15.4 Å². The van der Waals surface area contributed by atoms with E-state index in [4.69, 9.17) is 0 Å². The molecule has 1 fully saturated rings. The van der Waals surface area contributed by atoms with E-state index in [9.17, 15) is 17.6 Å². The van der Waals surface area contributed by atoms with Gasteiger partial charge < -0.3 is 4.90 Å². The van der Waals surface area contributed by atoms with E-state index in [0.29, 0.717) is 10.5 Å². The largest absolute Gasteiger partial charge is 0.336 e. The monoisotopic (exact) mass is 418 g/mol.